The first-order chi connectivity index (χ1) is 7.65. The molecule has 4 N–H and O–H groups in total. The maximum absolute atomic E-state index is 11.6. The van der Waals surface area contributed by atoms with Crippen LogP contribution in [0, 0.1) is 6.92 Å². The fourth-order valence-corrected chi connectivity index (χ4v) is 1.30. The molecule has 0 saturated carbocycles. The van der Waals surface area contributed by atoms with Gasteiger partial charge in [-0.2, -0.15) is 0 Å². The Bertz CT molecular complexity index is 500. The second-order valence-electron chi connectivity index (χ2n) is 3.46. The van der Waals surface area contributed by atoms with Crippen LogP contribution in [0.4, 0.5) is 5.69 Å². The zero-order valence-corrected chi connectivity index (χ0v) is 8.78. The van der Waals surface area contributed by atoms with Crippen LogP contribution in [0.5, 0.6) is 0 Å². The number of nitrogens with one attached hydrogen (secondary N) is 2. The number of nitrogens with two attached hydrogens (primary N) is 1. The van der Waals surface area contributed by atoms with E-state index < -0.39 is 0 Å². The lowest BCUT2D eigenvalue weighted by Gasteiger charge is -1.99. The van der Waals surface area contributed by atoms with Gasteiger partial charge in [0.1, 0.15) is 5.69 Å². The van der Waals surface area contributed by atoms with E-state index in [0.29, 0.717) is 23.7 Å². The number of carbonyl (C=O) groups is 1. The van der Waals surface area contributed by atoms with Gasteiger partial charge in [-0.05, 0) is 13.0 Å². The van der Waals surface area contributed by atoms with Crippen molar-refractivity contribution in [2.45, 2.75) is 13.5 Å². The SMILES string of the molecule is Cc1cc(CNC(=O)c2cc(N)c[nH]2)on1. The molecule has 2 rings (SSSR count). The lowest BCUT2D eigenvalue weighted by Crippen LogP contribution is -2.22. The molecule has 0 radical (unpaired) electrons. The van der Waals surface area contributed by atoms with Gasteiger partial charge < -0.3 is 20.6 Å². The minimum atomic E-state index is -0.231. The number of carbonyl (C=O) groups excluding carboxylic acids is 1. The van der Waals surface area contributed by atoms with E-state index in [-0.39, 0.29) is 5.91 Å². The van der Waals surface area contributed by atoms with Gasteiger partial charge in [0.25, 0.3) is 5.91 Å². The smallest absolute Gasteiger partial charge is 0.268 e. The number of aromatic amines is 1. The van der Waals surface area contributed by atoms with Crippen molar-refractivity contribution in [3.05, 3.63) is 35.5 Å². The summed E-state index contributed by atoms with van der Waals surface area (Å²) < 4.78 is 4.96. The molecule has 2 aromatic rings. The Labute approximate surface area is 91.8 Å². The Morgan fingerprint density at radius 1 is 1.62 bits per heavy atom. The third-order valence-corrected chi connectivity index (χ3v) is 2.05. The van der Waals surface area contributed by atoms with Crippen LogP contribution in [0.3, 0.4) is 0 Å². The molecule has 0 aliphatic rings. The standard InChI is InChI=1S/C10H12N4O2/c1-6-2-8(16-14-6)5-13-10(15)9-3-7(11)4-12-9/h2-4,12H,5,11H2,1H3,(H,13,15). The molecule has 0 bridgehead atoms. The van der Waals surface area contributed by atoms with Crippen LogP contribution in [0.1, 0.15) is 21.9 Å². The van der Waals surface area contributed by atoms with Crippen molar-refractivity contribution in [1.82, 2.24) is 15.5 Å². The number of hydrogen-bond donors (Lipinski definition) is 3. The molecule has 2 heterocycles. The molecule has 0 saturated heterocycles. The van der Waals surface area contributed by atoms with Gasteiger partial charge in [0.2, 0.25) is 0 Å². The topological polar surface area (TPSA) is 96.9 Å². The van der Waals surface area contributed by atoms with E-state index in [4.69, 9.17) is 10.3 Å². The normalized spacial score (nSPS) is 10.3. The Morgan fingerprint density at radius 2 is 2.44 bits per heavy atom. The van der Waals surface area contributed by atoms with Gasteiger partial charge in [0.15, 0.2) is 5.76 Å². The van der Waals surface area contributed by atoms with E-state index in [1.807, 2.05) is 6.92 Å². The number of hydrogen-bond acceptors (Lipinski definition) is 4. The summed E-state index contributed by atoms with van der Waals surface area (Å²) in [5, 5.41) is 6.40. The number of H-pyrrole nitrogens is 1. The molecular formula is C10H12N4O2. The zero-order valence-electron chi connectivity index (χ0n) is 8.78. The number of amides is 1. The summed E-state index contributed by atoms with van der Waals surface area (Å²) in [6.07, 6.45) is 1.56. The molecule has 84 valence electrons. The second-order valence-corrected chi connectivity index (χ2v) is 3.46. The van der Waals surface area contributed by atoms with Gasteiger partial charge in [-0.1, -0.05) is 5.16 Å². The molecule has 1 amide bonds. The van der Waals surface area contributed by atoms with Crippen molar-refractivity contribution in [1.29, 1.82) is 0 Å². The lowest BCUT2D eigenvalue weighted by atomic mass is 10.3. The highest BCUT2D eigenvalue weighted by molar-refractivity contribution is 5.93. The number of aryl methyl sites for hydroxylation is 1. The van der Waals surface area contributed by atoms with Gasteiger partial charge in [-0.3, -0.25) is 4.79 Å². The fourth-order valence-electron chi connectivity index (χ4n) is 1.30. The fraction of sp³-hybridized carbons (Fsp3) is 0.200. The van der Waals surface area contributed by atoms with Crippen molar-refractivity contribution < 1.29 is 9.32 Å². The van der Waals surface area contributed by atoms with E-state index in [2.05, 4.69) is 15.5 Å². The maximum Gasteiger partial charge on any atom is 0.268 e. The maximum atomic E-state index is 11.6. The third kappa shape index (κ3) is 2.22. The van der Waals surface area contributed by atoms with E-state index in [9.17, 15) is 4.79 Å². The van der Waals surface area contributed by atoms with Crippen LogP contribution in [0.2, 0.25) is 0 Å². The van der Waals surface area contributed by atoms with E-state index >= 15 is 0 Å². The van der Waals surface area contributed by atoms with Crippen LogP contribution < -0.4 is 11.1 Å². The first-order valence-electron chi connectivity index (χ1n) is 4.79. The van der Waals surface area contributed by atoms with Crippen LogP contribution >= 0.6 is 0 Å². The molecule has 0 atom stereocenters. The van der Waals surface area contributed by atoms with Crippen molar-refractivity contribution in [3.63, 3.8) is 0 Å². The number of anilines is 1. The Morgan fingerprint density at radius 3 is 3.00 bits per heavy atom. The Hall–Kier alpha value is -2.24. The van der Waals surface area contributed by atoms with Gasteiger partial charge in [-0.25, -0.2) is 0 Å². The van der Waals surface area contributed by atoms with Gasteiger partial charge in [0.05, 0.1) is 12.2 Å². The monoisotopic (exact) mass is 220 g/mol. The Balaban J connectivity index is 1.93. The number of nitrogen functional groups attached to an aromatic ring is 1. The first-order valence-corrected chi connectivity index (χ1v) is 4.79. The summed E-state index contributed by atoms with van der Waals surface area (Å²) in [4.78, 5) is 14.3. The lowest BCUT2D eigenvalue weighted by molar-refractivity contribution is 0.0942. The van der Waals surface area contributed by atoms with Crippen molar-refractivity contribution in [2.75, 3.05) is 5.73 Å². The zero-order chi connectivity index (χ0) is 11.5. The molecule has 0 fully saturated rings. The van der Waals surface area contributed by atoms with Crippen LogP contribution in [-0.2, 0) is 6.54 Å². The van der Waals surface area contributed by atoms with E-state index in [0.717, 1.165) is 5.69 Å². The van der Waals surface area contributed by atoms with Crippen LogP contribution in [0.25, 0.3) is 0 Å². The summed E-state index contributed by atoms with van der Waals surface area (Å²) in [6.45, 7) is 2.12. The molecule has 6 nitrogen and oxygen atoms in total. The number of nitrogens with zero attached hydrogens (tertiary/aromatic N) is 1. The van der Waals surface area contributed by atoms with Gasteiger partial charge in [0, 0.05) is 18.0 Å². The summed E-state index contributed by atoms with van der Waals surface area (Å²) in [5.41, 5.74) is 7.23. The predicted molar refractivity (Wildman–Crippen MR) is 57.6 cm³/mol. The van der Waals surface area contributed by atoms with Crippen molar-refractivity contribution >= 4 is 11.6 Å². The van der Waals surface area contributed by atoms with Gasteiger partial charge >= 0.3 is 0 Å². The third-order valence-electron chi connectivity index (χ3n) is 2.05. The molecule has 0 unspecified atom stereocenters. The van der Waals surface area contributed by atoms with Crippen LogP contribution in [-0.4, -0.2) is 16.0 Å². The predicted octanol–water partition coefficient (Wildman–Crippen LogP) is 0.823. The Kier molecular flexibility index (Phi) is 2.63. The second kappa shape index (κ2) is 4.09. The molecular weight excluding hydrogens is 208 g/mol. The molecule has 0 aromatic carbocycles. The molecule has 2 aromatic heterocycles. The first kappa shape index (κ1) is 10.3. The van der Waals surface area contributed by atoms with Crippen molar-refractivity contribution in [2.24, 2.45) is 0 Å². The summed E-state index contributed by atoms with van der Waals surface area (Å²) >= 11 is 0. The minimum absolute atomic E-state index is 0.231. The van der Waals surface area contributed by atoms with E-state index in [1.54, 1.807) is 18.3 Å². The van der Waals surface area contributed by atoms with Crippen LogP contribution in [0.15, 0.2) is 22.9 Å². The average Bonchev–Trinajstić information content (AvgIpc) is 2.84. The molecule has 0 aliphatic heterocycles. The minimum Gasteiger partial charge on any atom is -0.397 e. The average molecular weight is 220 g/mol. The number of aromatic nitrogens is 2. The highest BCUT2D eigenvalue weighted by Crippen LogP contribution is 2.05. The highest BCUT2D eigenvalue weighted by Gasteiger charge is 2.08. The largest absolute Gasteiger partial charge is 0.397 e. The highest BCUT2D eigenvalue weighted by atomic mass is 16.5. The molecule has 0 aliphatic carbocycles. The van der Waals surface area contributed by atoms with Gasteiger partial charge in [-0.15, -0.1) is 0 Å². The van der Waals surface area contributed by atoms with E-state index in [1.165, 1.54) is 0 Å². The van der Waals surface area contributed by atoms with Crippen molar-refractivity contribution in [3.8, 4) is 0 Å². The molecule has 16 heavy (non-hydrogen) atoms. The quantitative estimate of drug-likeness (QED) is 0.713. The summed E-state index contributed by atoms with van der Waals surface area (Å²) in [7, 11) is 0. The summed E-state index contributed by atoms with van der Waals surface area (Å²) in [6, 6.07) is 3.34. The molecule has 0 spiro atoms. The summed E-state index contributed by atoms with van der Waals surface area (Å²) in [5.74, 6) is 0.385. The molecule has 6 heteroatoms. The number of rotatable bonds is 3.